The number of rotatable bonds is 9. The highest BCUT2D eigenvalue weighted by Crippen LogP contribution is 2.17. The van der Waals surface area contributed by atoms with Gasteiger partial charge in [0.2, 0.25) is 0 Å². The molecule has 3 nitrogen and oxygen atoms in total. The molecule has 0 aromatic heterocycles. The van der Waals surface area contributed by atoms with E-state index in [-0.39, 0.29) is 0 Å². The van der Waals surface area contributed by atoms with E-state index in [0.29, 0.717) is 13.2 Å². The molecule has 0 aliphatic rings. The van der Waals surface area contributed by atoms with Crippen LogP contribution in [0, 0.1) is 0 Å². The van der Waals surface area contributed by atoms with Gasteiger partial charge in [0.05, 0.1) is 6.61 Å². The van der Waals surface area contributed by atoms with Crippen LogP contribution >= 0.6 is 0 Å². The molecule has 0 saturated heterocycles. The minimum atomic E-state index is 0.614. The largest absolute Gasteiger partial charge is 0.491 e. The average Bonchev–Trinajstić information content (AvgIpc) is 2.37. The Bertz CT molecular complexity index is 302. The van der Waals surface area contributed by atoms with Gasteiger partial charge in [-0.05, 0) is 19.0 Å². The number of ether oxygens (including phenoxy) is 2. The molecule has 0 atom stereocenters. The number of hydrogen-bond donors (Lipinski definition) is 1. The summed E-state index contributed by atoms with van der Waals surface area (Å²) in [5.41, 5.74) is 1.20. The Morgan fingerprint density at radius 2 is 1.88 bits per heavy atom. The molecule has 0 heterocycles. The third-order valence-corrected chi connectivity index (χ3v) is 2.37. The molecule has 0 saturated carbocycles. The van der Waals surface area contributed by atoms with E-state index < -0.39 is 0 Å². The molecule has 0 aliphatic carbocycles. The molecule has 1 rings (SSSR count). The molecular weight excluding hydrogens is 214 g/mol. The summed E-state index contributed by atoms with van der Waals surface area (Å²) in [6.45, 7) is 8.10. The van der Waals surface area contributed by atoms with Gasteiger partial charge in [0.1, 0.15) is 12.4 Å². The van der Waals surface area contributed by atoms with Gasteiger partial charge in [0.25, 0.3) is 0 Å². The lowest BCUT2D eigenvalue weighted by Crippen LogP contribution is -2.14. The van der Waals surface area contributed by atoms with Crippen molar-refractivity contribution in [1.29, 1.82) is 0 Å². The van der Waals surface area contributed by atoms with Crippen molar-refractivity contribution >= 4 is 0 Å². The average molecular weight is 237 g/mol. The van der Waals surface area contributed by atoms with Crippen LogP contribution < -0.4 is 10.1 Å². The van der Waals surface area contributed by atoms with Gasteiger partial charge in [-0.1, -0.05) is 32.0 Å². The Kier molecular flexibility index (Phi) is 7.43. The van der Waals surface area contributed by atoms with Crippen molar-refractivity contribution in [3.63, 3.8) is 0 Å². The summed E-state index contributed by atoms with van der Waals surface area (Å²) in [5.74, 6) is 0.952. The van der Waals surface area contributed by atoms with Crippen LogP contribution in [0.3, 0.4) is 0 Å². The fraction of sp³-hybridized carbons (Fsp3) is 0.571. The fourth-order valence-corrected chi connectivity index (χ4v) is 1.51. The predicted octanol–water partition coefficient (Wildman–Crippen LogP) is 2.60. The summed E-state index contributed by atoms with van der Waals surface area (Å²) >= 11 is 0. The van der Waals surface area contributed by atoms with E-state index in [2.05, 4.69) is 25.2 Å². The van der Waals surface area contributed by atoms with Crippen LogP contribution in [0.1, 0.15) is 25.8 Å². The summed E-state index contributed by atoms with van der Waals surface area (Å²) in [6, 6.07) is 8.13. The van der Waals surface area contributed by atoms with Gasteiger partial charge in [0.15, 0.2) is 0 Å². The molecule has 96 valence electrons. The van der Waals surface area contributed by atoms with Crippen molar-refractivity contribution in [2.75, 3.05) is 26.4 Å². The van der Waals surface area contributed by atoms with Crippen molar-refractivity contribution in [2.45, 2.75) is 26.8 Å². The maximum atomic E-state index is 5.72. The van der Waals surface area contributed by atoms with Crippen molar-refractivity contribution < 1.29 is 9.47 Å². The second-order valence-electron chi connectivity index (χ2n) is 3.85. The van der Waals surface area contributed by atoms with Gasteiger partial charge in [-0.3, -0.25) is 0 Å². The first kappa shape index (κ1) is 14.0. The summed E-state index contributed by atoms with van der Waals surface area (Å²) < 4.78 is 11.1. The Morgan fingerprint density at radius 3 is 2.65 bits per heavy atom. The molecule has 3 heteroatoms. The van der Waals surface area contributed by atoms with E-state index in [1.807, 2.05) is 18.2 Å². The third kappa shape index (κ3) is 5.71. The quantitative estimate of drug-likeness (QED) is 0.670. The molecule has 1 aromatic rings. The number of benzene rings is 1. The maximum Gasteiger partial charge on any atom is 0.123 e. The fourth-order valence-electron chi connectivity index (χ4n) is 1.51. The van der Waals surface area contributed by atoms with E-state index in [9.17, 15) is 0 Å². The van der Waals surface area contributed by atoms with Crippen molar-refractivity contribution in [1.82, 2.24) is 5.32 Å². The van der Waals surface area contributed by atoms with Crippen molar-refractivity contribution in [2.24, 2.45) is 0 Å². The van der Waals surface area contributed by atoms with Gasteiger partial charge in [0, 0.05) is 18.7 Å². The van der Waals surface area contributed by atoms with Crippen LogP contribution in [-0.2, 0) is 11.3 Å². The van der Waals surface area contributed by atoms with Crippen LogP contribution in [-0.4, -0.2) is 26.4 Å². The first-order valence-corrected chi connectivity index (χ1v) is 6.37. The molecule has 1 aromatic carbocycles. The van der Waals surface area contributed by atoms with Crippen molar-refractivity contribution in [3.8, 4) is 5.75 Å². The Hall–Kier alpha value is -1.06. The smallest absolute Gasteiger partial charge is 0.123 e. The molecule has 0 fully saturated rings. The summed E-state index contributed by atoms with van der Waals surface area (Å²) in [6.07, 6.45) is 1.05. The van der Waals surface area contributed by atoms with E-state index in [1.165, 1.54) is 5.56 Å². The molecule has 0 amide bonds. The first-order valence-electron chi connectivity index (χ1n) is 6.37. The summed E-state index contributed by atoms with van der Waals surface area (Å²) in [5, 5.41) is 3.30. The Balaban J connectivity index is 2.35. The number of nitrogens with one attached hydrogen (secondary N) is 1. The van der Waals surface area contributed by atoms with Gasteiger partial charge in [-0.25, -0.2) is 0 Å². The van der Waals surface area contributed by atoms with Crippen LogP contribution in [0.2, 0.25) is 0 Å². The second kappa shape index (κ2) is 9.02. The molecule has 1 N–H and O–H groups in total. The van der Waals surface area contributed by atoms with Crippen LogP contribution in [0.15, 0.2) is 24.3 Å². The zero-order chi connectivity index (χ0) is 12.3. The highest BCUT2D eigenvalue weighted by atomic mass is 16.5. The second-order valence-corrected chi connectivity index (χ2v) is 3.85. The summed E-state index contributed by atoms with van der Waals surface area (Å²) in [7, 11) is 0. The third-order valence-electron chi connectivity index (χ3n) is 2.37. The highest BCUT2D eigenvalue weighted by molar-refractivity contribution is 5.33. The molecule has 0 spiro atoms. The Labute approximate surface area is 104 Å². The maximum absolute atomic E-state index is 5.72. The predicted molar refractivity (Wildman–Crippen MR) is 70.4 cm³/mol. The lowest BCUT2D eigenvalue weighted by Gasteiger charge is -2.11. The van der Waals surface area contributed by atoms with Crippen LogP contribution in [0.5, 0.6) is 5.75 Å². The van der Waals surface area contributed by atoms with Gasteiger partial charge < -0.3 is 14.8 Å². The van der Waals surface area contributed by atoms with Crippen LogP contribution in [0.25, 0.3) is 0 Å². The van der Waals surface area contributed by atoms with E-state index in [0.717, 1.165) is 31.9 Å². The molecule has 0 radical (unpaired) electrons. The monoisotopic (exact) mass is 237 g/mol. The molecule has 17 heavy (non-hydrogen) atoms. The lowest BCUT2D eigenvalue weighted by molar-refractivity contribution is 0.100. The van der Waals surface area contributed by atoms with Gasteiger partial charge in [-0.15, -0.1) is 0 Å². The summed E-state index contributed by atoms with van der Waals surface area (Å²) in [4.78, 5) is 0. The van der Waals surface area contributed by atoms with E-state index >= 15 is 0 Å². The van der Waals surface area contributed by atoms with E-state index in [4.69, 9.17) is 9.47 Å². The highest BCUT2D eigenvalue weighted by Gasteiger charge is 2.01. The molecule has 0 bridgehead atoms. The number of hydrogen-bond acceptors (Lipinski definition) is 3. The minimum Gasteiger partial charge on any atom is -0.491 e. The zero-order valence-electron chi connectivity index (χ0n) is 10.9. The topological polar surface area (TPSA) is 30.5 Å². The first-order chi connectivity index (χ1) is 8.38. The number of para-hydroxylation sites is 1. The minimum absolute atomic E-state index is 0.614. The SMILES string of the molecule is CCCOCCOc1ccccc1CNCC. The van der Waals surface area contributed by atoms with Crippen LogP contribution in [0.4, 0.5) is 0 Å². The standard InChI is InChI=1S/C14H23NO2/c1-3-9-16-10-11-17-14-8-6-5-7-13(14)12-15-4-2/h5-8,15H,3-4,9-12H2,1-2H3. The molecule has 0 unspecified atom stereocenters. The van der Waals surface area contributed by atoms with Gasteiger partial charge >= 0.3 is 0 Å². The normalized spacial score (nSPS) is 10.5. The van der Waals surface area contributed by atoms with E-state index in [1.54, 1.807) is 0 Å². The molecular formula is C14H23NO2. The Morgan fingerprint density at radius 1 is 1.06 bits per heavy atom. The zero-order valence-corrected chi connectivity index (χ0v) is 10.9. The molecule has 0 aliphatic heterocycles. The van der Waals surface area contributed by atoms with Crippen molar-refractivity contribution in [3.05, 3.63) is 29.8 Å². The lowest BCUT2D eigenvalue weighted by atomic mass is 10.2. The van der Waals surface area contributed by atoms with Gasteiger partial charge in [-0.2, -0.15) is 0 Å².